The lowest BCUT2D eigenvalue weighted by Gasteiger charge is -2.01. The first-order valence-electron chi connectivity index (χ1n) is 5.89. The van der Waals surface area contributed by atoms with E-state index in [1.807, 2.05) is 0 Å². The highest BCUT2D eigenvalue weighted by Gasteiger charge is 2.12. The van der Waals surface area contributed by atoms with E-state index in [9.17, 15) is 18.9 Å². The Morgan fingerprint density at radius 2 is 1.80 bits per heavy atom. The van der Waals surface area contributed by atoms with Crippen LogP contribution in [-0.2, 0) is 6.42 Å². The molecule has 0 N–H and O–H groups in total. The maximum Gasteiger partial charge on any atom is 0.251 e. The summed E-state index contributed by atoms with van der Waals surface area (Å²) in [6.07, 6.45) is 1.36. The van der Waals surface area contributed by atoms with Crippen molar-refractivity contribution < 1.29 is 13.7 Å². The molecule has 0 amide bonds. The quantitative estimate of drug-likeness (QED) is 0.628. The second-order valence-electron chi connectivity index (χ2n) is 4.25. The number of benzene rings is 2. The Morgan fingerprint density at radius 1 is 1.10 bits per heavy atom. The molecule has 0 aromatic heterocycles. The van der Waals surface area contributed by atoms with Crippen LogP contribution in [-0.4, -0.2) is 4.92 Å². The van der Waals surface area contributed by atoms with E-state index in [0.29, 0.717) is 11.1 Å². The van der Waals surface area contributed by atoms with Crippen LogP contribution in [0.1, 0.15) is 11.1 Å². The first kappa shape index (κ1) is 13.9. The van der Waals surface area contributed by atoms with E-state index in [1.165, 1.54) is 48.5 Å². The predicted octanol–water partition coefficient (Wildman–Crippen LogP) is 3.83. The molecular formula is C15H11F2NO2. The Hall–Kier alpha value is -2.56. The Kier molecular flexibility index (Phi) is 4.20. The fourth-order valence-corrected chi connectivity index (χ4v) is 1.77. The molecule has 2 aromatic rings. The van der Waals surface area contributed by atoms with Crippen LogP contribution in [0.4, 0.5) is 8.78 Å². The second-order valence-corrected chi connectivity index (χ2v) is 4.25. The van der Waals surface area contributed by atoms with E-state index in [2.05, 4.69) is 0 Å². The summed E-state index contributed by atoms with van der Waals surface area (Å²) in [5.41, 5.74) is 0.951. The van der Waals surface area contributed by atoms with Gasteiger partial charge in [-0.15, -0.1) is 0 Å². The van der Waals surface area contributed by atoms with Gasteiger partial charge in [-0.25, -0.2) is 8.78 Å². The fraction of sp³-hybridized carbons (Fsp3) is 0.0667. The number of nitrogens with zero attached hydrogens (tertiary/aromatic N) is 1. The van der Waals surface area contributed by atoms with Crippen LogP contribution in [0.2, 0.25) is 0 Å². The predicted molar refractivity (Wildman–Crippen MR) is 71.5 cm³/mol. The molecule has 0 fully saturated rings. The monoisotopic (exact) mass is 275 g/mol. The van der Waals surface area contributed by atoms with Crippen LogP contribution in [0.5, 0.6) is 0 Å². The summed E-state index contributed by atoms with van der Waals surface area (Å²) in [5.74, 6) is -0.853. The average Bonchev–Trinajstić information content (AvgIpc) is 2.40. The zero-order chi connectivity index (χ0) is 14.5. The van der Waals surface area contributed by atoms with Gasteiger partial charge in [-0.05, 0) is 35.4 Å². The molecule has 0 bridgehead atoms. The van der Waals surface area contributed by atoms with Crippen molar-refractivity contribution in [2.24, 2.45) is 0 Å². The number of rotatable bonds is 4. The van der Waals surface area contributed by atoms with Crippen molar-refractivity contribution in [1.82, 2.24) is 0 Å². The lowest BCUT2D eigenvalue weighted by molar-refractivity contribution is -0.425. The SMILES string of the molecule is O=[N+]([O-])C(=Cc1cccc(F)c1)Cc1ccc(F)cc1. The third-order valence-corrected chi connectivity index (χ3v) is 2.71. The fourth-order valence-electron chi connectivity index (χ4n) is 1.77. The summed E-state index contributed by atoms with van der Waals surface area (Å²) in [7, 11) is 0. The summed E-state index contributed by atoms with van der Waals surface area (Å²) in [6.45, 7) is 0. The Labute approximate surface area is 114 Å². The van der Waals surface area contributed by atoms with Crippen LogP contribution < -0.4 is 0 Å². The molecule has 2 aromatic carbocycles. The van der Waals surface area contributed by atoms with Gasteiger partial charge in [-0.3, -0.25) is 10.1 Å². The van der Waals surface area contributed by atoms with E-state index >= 15 is 0 Å². The van der Waals surface area contributed by atoms with Gasteiger partial charge in [-0.1, -0.05) is 24.3 Å². The molecule has 0 spiro atoms. The Balaban J connectivity index is 2.27. The van der Waals surface area contributed by atoms with Crippen molar-refractivity contribution in [3.8, 4) is 0 Å². The van der Waals surface area contributed by atoms with E-state index in [-0.39, 0.29) is 12.1 Å². The van der Waals surface area contributed by atoms with Crippen molar-refractivity contribution in [2.45, 2.75) is 6.42 Å². The molecule has 0 aliphatic carbocycles. The maximum atomic E-state index is 13.0. The number of allylic oxidation sites excluding steroid dienone is 1. The molecular weight excluding hydrogens is 264 g/mol. The van der Waals surface area contributed by atoms with Crippen molar-refractivity contribution in [1.29, 1.82) is 0 Å². The molecule has 3 nitrogen and oxygen atoms in total. The minimum Gasteiger partial charge on any atom is -0.259 e. The second kappa shape index (κ2) is 6.06. The molecule has 102 valence electrons. The first-order valence-corrected chi connectivity index (χ1v) is 5.89. The van der Waals surface area contributed by atoms with Crippen molar-refractivity contribution >= 4 is 6.08 Å². The van der Waals surface area contributed by atoms with Gasteiger partial charge in [0.1, 0.15) is 11.6 Å². The van der Waals surface area contributed by atoms with Gasteiger partial charge in [-0.2, -0.15) is 0 Å². The Morgan fingerprint density at radius 3 is 2.40 bits per heavy atom. The number of hydrogen-bond donors (Lipinski definition) is 0. The topological polar surface area (TPSA) is 43.1 Å². The molecule has 5 heteroatoms. The van der Waals surface area contributed by atoms with E-state index < -0.39 is 16.6 Å². The van der Waals surface area contributed by atoms with Gasteiger partial charge in [0.05, 0.1) is 11.3 Å². The molecule has 0 unspecified atom stereocenters. The summed E-state index contributed by atoms with van der Waals surface area (Å²) in [6, 6.07) is 11.0. The molecule has 0 atom stereocenters. The maximum absolute atomic E-state index is 13.0. The number of nitro groups is 1. The summed E-state index contributed by atoms with van der Waals surface area (Å²) < 4.78 is 25.8. The lowest BCUT2D eigenvalue weighted by atomic mass is 10.1. The third kappa shape index (κ3) is 3.71. The lowest BCUT2D eigenvalue weighted by Crippen LogP contribution is -2.02. The molecule has 0 aliphatic rings. The largest absolute Gasteiger partial charge is 0.259 e. The van der Waals surface area contributed by atoms with Crippen LogP contribution >= 0.6 is 0 Å². The van der Waals surface area contributed by atoms with Crippen molar-refractivity contribution in [3.05, 3.63) is 87.1 Å². The summed E-state index contributed by atoms with van der Waals surface area (Å²) >= 11 is 0. The van der Waals surface area contributed by atoms with E-state index in [4.69, 9.17) is 0 Å². The molecule has 20 heavy (non-hydrogen) atoms. The molecule has 0 saturated carbocycles. The first-order chi connectivity index (χ1) is 9.54. The van der Waals surface area contributed by atoms with E-state index in [0.717, 1.165) is 0 Å². The van der Waals surface area contributed by atoms with Crippen LogP contribution in [0.25, 0.3) is 6.08 Å². The molecule has 2 rings (SSSR count). The average molecular weight is 275 g/mol. The molecule has 0 radical (unpaired) electrons. The highest BCUT2D eigenvalue weighted by Crippen LogP contribution is 2.14. The normalized spacial score (nSPS) is 11.4. The minimum atomic E-state index is -0.520. The smallest absolute Gasteiger partial charge is 0.251 e. The zero-order valence-corrected chi connectivity index (χ0v) is 10.4. The molecule has 0 heterocycles. The van der Waals surface area contributed by atoms with Crippen molar-refractivity contribution in [2.75, 3.05) is 0 Å². The van der Waals surface area contributed by atoms with Crippen LogP contribution in [0.3, 0.4) is 0 Å². The number of halogens is 2. The third-order valence-electron chi connectivity index (χ3n) is 2.71. The van der Waals surface area contributed by atoms with Gasteiger partial charge in [0.2, 0.25) is 0 Å². The van der Waals surface area contributed by atoms with Gasteiger partial charge in [0, 0.05) is 6.08 Å². The highest BCUT2D eigenvalue weighted by atomic mass is 19.1. The Bertz CT molecular complexity index is 651. The van der Waals surface area contributed by atoms with Crippen LogP contribution in [0.15, 0.2) is 54.2 Å². The zero-order valence-electron chi connectivity index (χ0n) is 10.4. The van der Waals surface area contributed by atoms with Gasteiger partial charge in [0.15, 0.2) is 0 Å². The van der Waals surface area contributed by atoms with Gasteiger partial charge < -0.3 is 0 Å². The minimum absolute atomic E-state index is 0.0454. The number of hydrogen-bond acceptors (Lipinski definition) is 2. The van der Waals surface area contributed by atoms with Crippen molar-refractivity contribution in [3.63, 3.8) is 0 Å². The summed E-state index contributed by atoms with van der Waals surface area (Å²) in [4.78, 5) is 10.5. The van der Waals surface area contributed by atoms with E-state index in [1.54, 1.807) is 6.07 Å². The summed E-state index contributed by atoms with van der Waals surface area (Å²) in [5, 5.41) is 11.0. The standard InChI is InChI=1S/C15H11F2NO2/c16-13-6-4-11(5-7-13)9-15(18(19)20)10-12-2-1-3-14(17)8-12/h1-8,10H,9H2. The van der Waals surface area contributed by atoms with Gasteiger partial charge >= 0.3 is 0 Å². The molecule has 0 aliphatic heterocycles. The molecule has 0 saturated heterocycles. The highest BCUT2D eigenvalue weighted by molar-refractivity contribution is 5.51. The van der Waals surface area contributed by atoms with Crippen LogP contribution in [0, 0.1) is 21.7 Å². The van der Waals surface area contributed by atoms with Gasteiger partial charge in [0.25, 0.3) is 5.70 Å².